The molecule has 0 aliphatic rings. The van der Waals surface area contributed by atoms with Crippen LogP contribution in [0.3, 0.4) is 0 Å². The number of nitrogens with zero attached hydrogens (tertiary/aromatic N) is 1. The molecule has 2 aromatic rings. The van der Waals surface area contributed by atoms with Gasteiger partial charge >= 0.3 is 0 Å². The highest BCUT2D eigenvalue weighted by molar-refractivity contribution is 5.48. The third-order valence-corrected chi connectivity index (χ3v) is 5.13. The Morgan fingerprint density at radius 2 is 1.54 bits per heavy atom. The molecular weight excluding hydrogens is 330 g/mol. The van der Waals surface area contributed by atoms with Gasteiger partial charge in [0.1, 0.15) is 18.4 Å². The van der Waals surface area contributed by atoms with Crippen molar-refractivity contribution in [2.75, 3.05) is 27.2 Å². The number of rotatable bonds is 6. The van der Waals surface area contributed by atoms with Crippen LogP contribution in [0, 0.1) is 20.8 Å². The standard InChI is InChI=1S/C21H29NO4/c1-13-10-16(23)11-14(2)17(13)8-9-22(4,5)12-20(25)18-6-7-19(24)21(26)15(18)3/h6-7,10-11,20,25H,8-9,12H2,1-5H3,(H2-,23,24,26)/p+1. The lowest BCUT2D eigenvalue weighted by molar-refractivity contribution is -0.893. The molecular formula is C21H30NO4+. The largest absolute Gasteiger partial charge is 0.508 e. The molecule has 4 N–H and O–H groups in total. The average Bonchev–Trinajstić information content (AvgIpc) is 2.51. The Morgan fingerprint density at radius 3 is 2.12 bits per heavy atom. The summed E-state index contributed by atoms with van der Waals surface area (Å²) >= 11 is 0. The van der Waals surface area contributed by atoms with Crippen molar-refractivity contribution in [2.24, 2.45) is 0 Å². The fraction of sp³-hybridized carbons (Fsp3) is 0.429. The van der Waals surface area contributed by atoms with Gasteiger partial charge in [-0.25, -0.2) is 0 Å². The van der Waals surface area contributed by atoms with E-state index in [0.717, 1.165) is 24.1 Å². The van der Waals surface area contributed by atoms with Crippen molar-refractivity contribution < 1.29 is 24.9 Å². The van der Waals surface area contributed by atoms with Crippen LogP contribution in [0.1, 0.15) is 33.9 Å². The van der Waals surface area contributed by atoms with Crippen LogP contribution in [-0.4, -0.2) is 52.1 Å². The van der Waals surface area contributed by atoms with E-state index in [2.05, 4.69) is 14.1 Å². The summed E-state index contributed by atoms with van der Waals surface area (Å²) in [5.74, 6) is -0.0665. The summed E-state index contributed by atoms with van der Waals surface area (Å²) in [6.45, 7) is 7.00. The van der Waals surface area contributed by atoms with Crippen LogP contribution in [0.5, 0.6) is 17.2 Å². The van der Waals surface area contributed by atoms with E-state index < -0.39 is 6.10 Å². The van der Waals surface area contributed by atoms with Crippen LogP contribution in [0.25, 0.3) is 0 Å². The minimum Gasteiger partial charge on any atom is -0.508 e. The van der Waals surface area contributed by atoms with Gasteiger partial charge in [-0.2, -0.15) is 0 Å². The maximum absolute atomic E-state index is 10.7. The van der Waals surface area contributed by atoms with E-state index in [4.69, 9.17) is 0 Å². The van der Waals surface area contributed by atoms with Gasteiger partial charge in [0.25, 0.3) is 0 Å². The Bertz CT molecular complexity index is 776. The molecule has 0 heterocycles. The fourth-order valence-electron chi connectivity index (χ4n) is 3.50. The Hall–Kier alpha value is -2.24. The van der Waals surface area contributed by atoms with Gasteiger partial charge in [0.05, 0.1) is 20.6 Å². The number of likely N-dealkylation sites (N-methyl/N-ethyl adjacent to an activating group) is 1. The highest BCUT2D eigenvalue weighted by Gasteiger charge is 2.24. The average molecular weight is 360 g/mol. The summed E-state index contributed by atoms with van der Waals surface area (Å²) < 4.78 is 0.599. The number of phenols is 3. The minimum atomic E-state index is -0.737. The molecule has 5 nitrogen and oxygen atoms in total. The normalized spacial score (nSPS) is 13.0. The van der Waals surface area contributed by atoms with Crippen LogP contribution in [0.4, 0.5) is 0 Å². The van der Waals surface area contributed by atoms with Crippen LogP contribution in [-0.2, 0) is 6.42 Å². The first-order valence-corrected chi connectivity index (χ1v) is 8.82. The maximum Gasteiger partial charge on any atom is 0.160 e. The zero-order chi connectivity index (χ0) is 19.6. The SMILES string of the molecule is Cc1cc(O)cc(C)c1CC[N+](C)(C)CC(O)c1ccc(O)c(O)c1C. The first-order chi connectivity index (χ1) is 12.0. The summed E-state index contributed by atoms with van der Waals surface area (Å²) in [4.78, 5) is 0. The molecule has 2 rings (SSSR count). The van der Waals surface area contributed by atoms with Crippen molar-refractivity contribution in [1.29, 1.82) is 0 Å². The zero-order valence-corrected chi connectivity index (χ0v) is 16.2. The van der Waals surface area contributed by atoms with E-state index in [1.165, 1.54) is 11.6 Å². The van der Waals surface area contributed by atoms with E-state index in [1.54, 1.807) is 25.1 Å². The predicted molar refractivity (Wildman–Crippen MR) is 103 cm³/mol. The lowest BCUT2D eigenvalue weighted by Gasteiger charge is -2.33. The number of aryl methyl sites for hydroxylation is 2. The molecule has 0 amide bonds. The first-order valence-electron chi connectivity index (χ1n) is 8.82. The molecule has 5 heteroatoms. The van der Waals surface area contributed by atoms with E-state index in [-0.39, 0.29) is 17.2 Å². The van der Waals surface area contributed by atoms with Crippen LogP contribution >= 0.6 is 0 Å². The third kappa shape index (κ3) is 4.48. The Kier molecular flexibility index (Phi) is 5.84. The number of aliphatic hydroxyl groups excluding tert-OH is 1. The predicted octanol–water partition coefficient (Wildman–Crippen LogP) is 3.08. The highest BCUT2D eigenvalue weighted by atomic mass is 16.3. The number of phenolic OH excluding ortho intramolecular Hbond substituents is 3. The van der Waals surface area contributed by atoms with Crippen molar-refractivity contribution in [3.8, 4) is 17.2 Å². The summed E-state index contributed by atoms with van der Waals surface area (Å²) in [7, 11) is 4.12. The molecule has 0 fully saturated rings. The second-order valence-electron chi connectivity index (χ2n) is 7.81. The number of benzene rings is 2. The lowest BCUT2D eigenvalue weighted by Crippen LogP contribution is -2.44. The van der Waals surface area contributed by atoms with Crippen LogP contribution in [0.2, 0.25) is 0 Å². The van der Waals surface area contributed by atoms with Gasteiger partial charge < -0.3 is 24.9 Å². The van der Waals surface area contributed by atoms with Crippen molar-refractivity contribution in [2.45, 2.75) is 33.3 Å². The second kappa shape index (κ2) is 7.56. The molecule has 1 atom stereocenters. The van der Waals surface area contributed by atoms with Gasteiger partial charge in [-0.05, 0) is 61.2 Å². The number of aromatic hydroxyl groups is 3. The van der Waals surface area contributed by atoms with E-state index >= 15 is 0 Å². The monoisotopic (exact) mass is 360 g/mol. The molecule has 0 aliphatic carbocycles. The Labute approximate surface area is 155 Å². The Morgan fingerprint density at radius 1 is 0.962 bits per heavy atom. The maximum atomic E-state index is 10.7. The van der Waals surface area contributed by atoms with Gasteiger partial charge in [-0.1, -0.05) is 6.07 Å². The summed E-state index contributed by atoms with van der Waals surface area (Å²) in [5.41, 5.74) is 4.50. The molecule has 0 spiro atoms. The molecule has 142 valence electrons. The van der Waals surface area contributed by atoms with Crippen LogP contribution < -0.4 is 0 Å². The molecule has 0 saturated heterocycles. The number of hydrogen-bond donors (Lipinski definition) is 4. The molecule has 0 saturated carbocycles. The van der Waals surface area contributed by atoms with E-state index in [1.807, 2.05) is 13.8 Å². The topological polar surface area (TPSA) is 80.9 Å². The molecule has 0 aliphatic heterocycles. The van der Waals surface area contributed by atoms with Crippen molar-refractivity contribution in [3.05, 3.63) is 52.1 Å². The third-order valence-electron chi connectivity index (χ3n) is 5.13. The first kappa shape index (κ1) is 20.1. The van der Waals surface area contributed by atoms with Gasteiger partial charge in [0.15, 0.2) is 11.5 Å². The molecule has 0 bridgehead atoms. The molecule has 1 unspecified atom stereocenters. The highest BCUT2D eigenvalue weighted by Crippen LogP contribution is 2.34. The van der Waals surface area contributed by atoms with Crippen LogP contribution in [0.15, 0.2) is 24.3 Å². The molecule has 0 aromatic heterocycles. The van der Waals surface area contributed by atoms with E-state index in [0.29, 0.717) is 22.2 Å². The second-order valence-corrected chi connectivity index (χ2v) is 7.81. The van der Waals surface area contributed by atoms with Gasteiger partial charge in [0, 0.05) is 12.0 Å². The number of quaternary nitrogens is 1. The van der Waals surface area contributed by atoms with E-state index in [9.17, 15) is 20.4 Å². The lowest BCUT2D eigenvalue weighted by atomic mass is 9.98. The summed E-state index contributed by atoms with van der Waals surface area (Å²) in [5, 5.41) is 39.8. The zero-order valence-electron chi connectivity index (χ0n) is 16.2. The van der Waals surface area contributed by atoms with Gasteiger partial charge in [-0.15, -0.1) is 0 Å². The van der Waals surface area contributed by atoms with Crippen molar-refractivity contribution in [1.82, 2.24) is 0 Å². The summed E-state index contributed by atoms with van der Waals surface area (Å²) in [6.07, 6.45) is 0.107. The fourth-order valence-corrected chi connectivity index (χ4v) is 3.50. The summed E-state index contributed by atoms with van der Waals surface area (Å²) in [6, 6.07) is 6.62. The van der Waals surface area contributed by atoms with Gasteiger partial charge in [-0.3, -0.25) is 0 Å². The molecule has 26 heavy (non-hydrogen) atoms. The van der Waals surface area contributed by atoms with Crippen molar-refractivity contribution in [3.63, 3.8) is 0 Å². The molecule has 2 aromatic carbocycles. The smallest absolute Gasteiger partial charge is 0.160 e. The van der Waals surface area contributed by atoms with Gasteiger partial charge in [0.2, 0.25) is 0 Å². The minimum absolute atomic E-state index is 0.175. The number of hydrogen-bond acceptors (Lipinski definition) is 4. The van der Waals surface area contributed by atoms with Crippen molar-refractivity contribution >= 4 is 0 Å². The number of aliphatic hydroxyl groups is 1. The quantitative estimate of drug-likeness (QED) is 0.471. The Balaban J connectivity index is 2.10. The molecule has 0 radical (unpaired) electrons.